The Kier molecular flexibility index (Phi) is 3.46. The van der Waals surface area contributed by atoms with Gasteiger partial charge in [0.2, 0.25) is 0 Å². The molecule has 0 saturated heterocycles. The van der Waals surface area contributed by atoms with E-state index in [0.717, 1.165) is 6.42 Å². The van der Waals surface area contributed by atoms with Crippen LogP contribution in [0.15, 0.2) is 18.2 Å². The van der Waals surface area contributed by atoms with E-state index in [1.807, 2.05) is 0 Å². The van der Waals surface area contributed by atoms with Gasteiger partial charge >= 0.3 is 0 Å². The lowest BCUT2D eigenvalue weighted by Crippen LogP contribution is -2.30. The summed E-state index contributed by atoms with van der Waals surface area (Å²) in [5, 5.41) is 3.72. The predicted octanol–water partition coefficient (Wildman–Crippen LogP) is 4.55. The summed E-state index contributed by atoms with van der Waals surface area (Å²) < 4.78 is 0. The first-order valence-corrected chi connectivity index (χ1v) is 6.89. The third-order valence-electron chi connectivity index (χ3n) is 4.32. The number of aryl methyl sites for hydroxylation is 2. The van der Waals surface area contributed by atoms with Gasteiger partial charge in [-0.25, -0.2) is 0 Å². The average Bonchev–Trinajstić information content (AvgIpc) is 2.59. The molecule has 0 aromatic heterocycles. The van der Waals surface area contributed by atoms with Crippen molar-refractivity contribution in [1.29, 1.82) is 0 Å². The summed E-state index contributed by atoms with van der Waals surface area (Å²) in [7, 11) is 0. The number of nitrogens with one attached hydrogen (secondary N) is 1. The minimum atomic E-state index is 0.442. The average molecular weight is 231 g/mol. The largest absolute Gasteiger partial charge is 0.382 e. The van der Waals surface area contributed by atoms with Crippen LogP contribution in [0.1, 0.15) is 51.2 Å². The molecule has 0 heterocycles. The van der Waals surface area contributed by atoms with Gasteiger partial charge in [0.25, 0.3) is 0 Å². The zero-order chi connectivity index (χ0) is 12.5. The molecule has 2 rings (SSSR count). The summed E-state index contributed by atoms with van der Waals surface area (Å²) in [6.45, 7) is 9.19. The van der Waals surface area contributed by atoms with Gasteiger partial charge in [-0.1, -0.05) is 33.3 Å². The van der Waals surface area contributed by atoms with Crippen LogP contribution in [-0.2, 0) is 6.42 Å². The topological polar surface area (TPSA) is 12.0 Å². The van der Waals surface area contributed by atoms with Crippen LogP contribution >= 0.6 is 0 Å². The molecule has 94 valence electrons. The third-order valence-corrected chi connectivity index (χ3v) is 4.32. The number of hydrogen-bond acceptors (Lipinski definition) is 1. The lowest BCUT2D eigenvalue weighted by atomic mass is 9.87. The van der Waals surface area contributed by atoms with E-state index in [9.17, 15) is 0 Å². The smallest absolute Gasteiger partial charge is 0.0345 e. The Morgan fingerprint density at radius 2 is 2.12 bits per heavy atom. The summed E-state index contributed by atoms with van der Waals surface area (Å²) in [5.41, 5.74) is 4.60. The second-order valence-electron chi connectivity index (χ2n) is 6.07. The Morgan fingerprint density at radius 1 is 1.35 bits per heavy atom. The molecule has 1 fully saturated rings. The molecule has 0 aliphatic heterocycles. The molecule has 1 heteroatoms. The number of anilines is 1. The fourth-order valence-corrected chi connectivity index (χ4v) is 2.98. The SMILES string of the molecule is CCc1ccc(NC2CCCC2(C)C)cc1C. The van der Waals surface area contributed by atoms with Gasteiger partial charge in [-0.15, -0.1) is 0 Å². The van der Waals surface area contributed by atoms with Crippen molar-refractivity contribution in [3.8, 4) is 0 Å². The van der Waals surface area contributed by atoms with Crippen molar-refractivity contribution in [3.63, 3.8) is 0 Å². The van der Waals surface area contributed by atoms with E-state index >= 15 is 0 Å². The Balaban J connectivity index is 2.11. The quantitative estimate of drug-likeness (QED) is 0.805. The normalized spacial score (nSPS) is 22.7. The third kappa shape index (κ3) is 2.65. The van der Waals surface area contributed by atoms with Crippen LogP contribution < -0.4 is 5.32 Å². The van der Waals surface area contributed by atoms with Crippen LogP contribution in [0.3, 0.4) is 0 Å². The molecule has 0 spiro atoms. The summed E-state index contributed by atoms with van der Waals surface area (Å²) in [5.74, 6) is 0. The van der Waals surface area contributed by atoms with E-state index in [0.29, 0.717) is 11.5 Å². The van der Waals surface area contributed by atoms with Gasteiger partial charge in [0.1, 0.15) is 0 Å². The van der Waals surface area contributed by atoms with E-state index in [1.165, 1.54) is 36.1 Å². The van der Waals surface area contributed by atoms with E-state index in [1.54, 1.807) is 0 Å². The summed E-state index contributed by atoms with van der Waals surface area (Å²) in [6.07, 6.45) is 5.13. The highest BCUT2D eigenvalue weighted by Gasteiger charge is 2.34. The molecule has 0 radical (unpaired) electrons. The number of hydrogen-bond donors (Lipinski definition) is 1. The monoisotopic (exact) mass is 231 g/mol. The highest BCUT2D eigenvalue weighted by Crippen LogP contribution is 2.39. The van der Waals surface area contributed by atoms with Crippen LogP contribution in [0.2, 0.25) is 0 Å². The molecule has 0 amide bonds. The summed E-state index contributed by atoms with van der Waals surface area (Å²) >= 11 is 0. The lowest BCUT2D eigenvalue weighted by Gasteiger charge is -2.29. The van der Waals surface area contributed by atoms with Crippen LogP contribution in [0.5, 0.6) is 0 Å². The van der Waals surface area contributed by atoms with E-state index in [-0.39, 0.29) is 0 Å². The molecule has 1 unspecified atom stereocenters. The molecule has 0 bridgehead atoms. The maximum Gasteiger partial charge on any atom is 0.0345 e. The first-order chi connectivity index (χ1) is 8.03. The second kappa shape index (κ2) is 4.72. The van der Waals surface area contributed by atoms with Crippen molar-refractivity contribution < 1.29 is 0 Å². The van der Waals surface area contributed by atoms with E-state index < -0.39 is 0 Å². The molecular weight excluding hydrogens is 206 g/mol. The van der Waals surface area contributed by atoms with Crippen LogP contribution in [0, 0.1) is 12.3 Å². The number of rotatable bonds is 3. The molecule has 1 nitrogen and oxygen atoms in total. The maximum atomic E-state index is 3.72. The zero-order valence-corrected chi connectivity index (χ0v) is 11.6. The lowest BCUT2D eigenvalue weighted by molar-refractivity contribution is 0.350. The molecule has 1 aromatic rings. The Labute approximate surface area is 106 Å². The van der Waals surface area contributed by atoms with Crippen molar-refractivity contribution in [2.75, 3.05) is 5.32 Å². The van der Waals surface area contributed by atoms with Crippen molar-refractivity contribution in [1.82, 2.24) is 0 Å². The highest BCUT2D eigenvalue weighted by atomic mass is 14.9. The van der Waals surface area contributed by atoms with Crippen molar-refractivity contribution in [2.24, 2.45) is 5.41 Å². The Hall–Kier alpha value is -0.980. The van der Waals surface area contributed by atoms with E-state index in [4.69, 9.17) is 0 Å². The molecule has 17 heavy (non-hydrogen) atoms. The van der Waals surface area contributed by atoms with Gasteiger partial charge in [-0.3, -0.25) is 0 Å². The second-order valence-corrected chi connectivity index (χ2v) is 6.07. The fraction of sp³-hybridized carbons (Fsp3) is 0.625. The van der Waals surface area contributed by atoms with E-state index in [2.05, 4.69) is 51.2 Å². The van der Waals surface area contributed by atoms with Crippen molar-refractivity contribution in [2.45, 2.75) is 59.4 Å². The van der Waals surface area contributed by atoms with Gasteiger partial charge in [-0.2, -0.15) is 0 Å². The molecule has 1 saturated carbocycles. The molecule has 1 aliphatic rings. The Bertz CT molecular complexity index is 393. The predicted molar refractivity (Wildman–Crippen MR) is 75.6 cm³/mol. The van der Waals surface area contributed by atoms with Gasteiger partial charge in [0.15, 0.2) is 0 Å². The molecular formula is C16H25N. The van der Waals surface area contributed by atoms with Gasteiger partial charge in [0, 0.05) is 11.7 Å². The van der Waals surface area contributed by atoms with Crippen LogP contribution in [0.4, 0.5) is 5.69 Å². The van der Waals surface area contributed by atoms with Crippen LogP contribution in [-0.4, -0.2) is 6.04 Å². The molecule has 1 N–H and O–H groups in total. The Morgan fingerprint density at radius 3 is 2.65 bits per heavy atom. The fourth-order valence-electron chi connectivity index (χ4n) is 2.98. The molecule has 1 aliphatic carbocycles. The standard InChI is InChI=1S/C16H25N/c1-5-13-8-9-14(11-12(13)2)17-15-7-6-10-16(15,3)4/h8-9,11,15,17H,5-7,10H2,1-4H3. The minimum absolute atomic E-state index is 0.442. The van der Waals surface area contributed by atoms with Crippen molar-refractivity contribution in [3.05, 3.63) is 29.3 Å². The van der Waals surface area contributed by atoms with Crippen molar-refractivity contribution >= 4 is 5.69 Å². The van der Waals surface area contributed by atoms with Gasteiger partial charge in [-0.05, 0) is 54.9 Å². The summed E-state index contributed by atoms with van der Waals surface area (Å²) in [4.78, 5) is 0. The number of benzene rings is 1. The van der Waals surface area contributed by atoms with Gasteiger partial charge in [0.05, 0.1) is 0 Å². The minimum Gasteiger partial charge on any atom is -0.382 e. The summed E-state index contributed by atoms with van der Waals surface area (Å²) in [6, 6.07) is 7.43. The zero-order valence-electron chi connectivity index (χ0n) is 11.6. The first kappa shape index (κ1) is 12.5. The van der Waals surface area contributed by atoms with Gasteiger partial charge < -0.3 is 5.32 Å². The molecule has 1 atom stereocenters. The molecule has 1 aromatic carbocycles. The maximum absolute atomic E-state index is 3.72. The van der Waals surface area contributed by atoms with Crippen LogP contribution in [0.25, 0.3) is 0 Å². The first-order valence-electron chi connectivity index (χ1n) is 6.89. The highest BCUT2D eigenvalue weighted by molar-refractivity contribution is 5.49.